The number of nitrogens with zero attached hydrogens (tertiary/aromatic N) is 1. The fraction of sp³-hybridized carbons (Fsp3) is 0.364. The molecule has 96 valence electrons. The van der Waals surface area contributed by atoms with Crippen molar-refractivity contribution in [2.75, 3.05) is 11.4 Å². The third-order valence-electron chi connectivity index (χ3n) is 2.80. The molecule has 3 rings (SSSR count). The van der Waals surface area contributed by atoms with Gasteiger partial charge in [-0.2, -0.15) is 0 Å². The highest BCUT2D eigenvalue weighted by Crippen LogP contribution is 2.47. The van der Waals surface area contributed by atoms with E-state index in [0.717, 1.165) is 0 Å². The van der Waals surface area contributed by atoms with Crippen molar-refractivity contribution >= 4 is 11.6 Å². The van der Waals surface area contributed by atoms with Crippen LogP contribution in [-0.4, -0.2) is 30.0 Å². The number of hydrogen-bond donors (Lipinski definition) is 1. The molecule has 1 saturated heterocycles. The Morgan fingerprint density at radius 1 is 1.39 bits per heavy atom. The third-order valence-corrected chi connectivity index (χ3v) is 2.80. The Morgan fingerprint density at radius 2 is 2.17 bits per heavy atom. The number of para-hydroxylation sites is 1. The van der Waals surface area contributed by atoms with Gasteiger partial charge < -0.3 is 19.5 Å². The summed E-state index contributed by atoms with van der Waals surface area (Å²) < 4.78 is 34.7. The first kappa shape index (κ1) is 11.2. The molecule has 0 aromatic heterocycles. The van der Waals surface area contributed by atoms with Gasteiger partial charge in [-0.1, -0.05) is 6.07 Å². The topological polar surface area (TPSA) is 59.0 Å². The summed E-state index contributed by atoms with van der Waals surface area (Å²) in [6.45, 7) is 0.0597. The molecule has 0 aliphatic carbocycles. The molecule has 2 heterocycles. The van der Waals surface area contributed by atoms with Gasteiger partial charge in [0.25, 0.3) is 0 Å². The van der Waals surface area contributed by atoms with Crippen LogP contribution >= 0.6 is 0 Å². The average Bonchev–Trinajstić information content (AvgIpc) is 2.75. The molecule has 2 aliphatic heterocycles. The zero-order chi connectivity index (χ0) is 12.9. The minimum Gasteiger partial charge on any atom is -0.395 e. The Labute approximate surface area is 101 Å². The van der Waals surface area contributed by atoms with Crippen molar-refractivity contribution < 1.29 is 28.2 Å². The van der Waals surface area contributed by atoms with Gasteiger partial charge in [0.2, 0.25) is 5.91 Å². The second kappa shape index (κ2) is 3.55. The molecule has 2 aliphatic rings. The summed E-state index contributed by atoms with van der Waals surface area (Å²) in [7, 11) is 0. The lowest BCUT2D eigenvalue weighted by atomic mass is 10.2. The lowest BCUT2D eigenvalue weighted by Gasteiger charge is -2.17. The summed E-state index contributed by atoms with van der Waals surface area (Å²) in [6.07, 6.45) is -4.54. The maximum absolute atomic E-state index is 13.0. The zero-order valence-corrected chi connectivity index (χ0v) is 9.10. The number of hydrogen-bond acceptors (Lipinski definition) is 4. The van der Waals surface area contributed by atoms with Crippen LogP contribution in [0.15, 0.2) is 18.2 Å². The van der Waals surface area contributed by atoms with Crippen molar-refractivity contribution in [1.29, 1.82) is 0 Å². The standard InChI is InChI=1S/C11H9F2NO4/c12-11(13)17-8-3-1-2-7(10(8)18-11)14-5-6(15)4-9(14)16/h1-3,6,15H,4-5H2. The van der Waals surface area contributed by atoms with Gasteiger partial charge in [-0.3, -0.25) is 4.79 Å². The Balaban J connectivity index is 2.01. The Morgan fingerprint density at radius 3 is 2.83 bits per heavy atom. The smallest absolute Gasteiger partial charge is 0.395 e. The van der Waals surface area contributed by atoms with Gasteiger partial charge in [0, 0.05) is 0 Å². The minimum atomic E-state index is -3.72. The number of ether oxygens (including phenoxy) is 2. The van der Waals surface area contributed by atoms with Crippen LogP contribution in [0.25, 0.3) is 0 Å². The van der Waals surface area contributed by atoms with Gasteiger partial charge in [0.1, 0.15) is 0 Å². The van der Waals surface area contributed by atoms with E-state index in [0.29, 0.717) is 0 Å². The largest absolute Gasteiger partial charge is 0.586 e. The Kier molecular flexibility index (Phi) is 2.21. The van der Waals surface area contributed by atoms with Crippen molar-refractivity contribution in [1.82, 2.24) is 0 Å². The van der Waals surface area contributed by atoms with Crippen LogP contribution in [0.1, 0.15) is 6.42 Å². The number of amides is 1. The van der Waals surface area contributed by atoms with E-state index in [-0.39, 0.29) is 36.1 Å². The molecule has 1 amide bonds. The second-order valence-corrected chi connectivity index (χ2v) is 4.13. The van der Waals surface area contributed by atoms with E-state index in [1.54, 1.807) is 0 Å². The van der Waals surface area contributed by atoms with E-state index in [9.17, 15) is 18.7 Å². The monoisotopic (exact) mass is 257 g/mol. The summed E-state index contributed by atoms with van der Waals surface area (Å²) in [5, 5.41) is 9.40. The van der Waals surface area contributed by atoms with Gasteiger partial charge in [-0.05, 0) is 12.1 Å². The molecule has 0 spiro atoms. The first-order valence-corrected chi connectivity index (χ1v) is 5.33. The number of β-amino-alcohol motifs (C(OH)–C–C–N with tert-alkyl or cyclic N) is 1. The van der Waals surface area contributed by atoms with E-state index >= 15 is 0 Å². The average molecular weight is 257 g/mol. The molecule has 7 heteroatoms. The molecule has 1 fully saturated rings. The molecular formula is C11H9F2NO4. The van der Waals surface area contributed by atoms with E-state index in [4.69, 9.17) is 0 Å². The molecule has 0 bridgehead atoms. The summed E-state index contributed by atoms with van der Waals surface area (Å²) in [4.78, 5) is 12.8. The van der Waals surface area contributed by atoms with Crippen molar-refractivity contribution in [3.05, 3.63) is 18.2 Å². The van der Waals surface area contributed by atoms with Crippen LogP contribution in [0.2, 0.25) is 0 Å². The number of carbonyl (C=O) groups is 1. The molecule has 1 unspecified atom stereocenters. The number of carbonyl (C=O) groups excluding carboxylic acids is 1. The number of aliphatic hydroxyl groups is 1. The highest BCUT2D eigenvalue weighted by molar-refractivity contribution is 5.98. The van der Waals surface area contributed by atoms with Gasteiger partial charge >= 0.3 is 6.29 Å². The summed E-state index contributed by atoms with van der Waals surface area (Å²) >= 11 is 0. The molecule has 1 atom stereocenters. The molecule has 0 saturated carbocycles. The molecule has 0 radical (unpaired) electrons. The minimum absolute atomic E-state index is 0.0269. The number of anilines is 1. The highest BCUT2D eigenvalue weighted by atomic mass is 19.3. The zero-order valence-electron chi connectivity index (χ0n) is 9.10. The van der Waals surface area contributed by atoms with Gasteiger partial charge in [0.05, 0.1) is 24.8 Å². The number of aliphatic hydroxyl groups excluding tert-OH is 1. The van der Waals surface area contributed by atoms with E-state index in [2.05, 4.69) is 9.47 Å². The first-order chi connectivity index (χ1) is 8.46. The maximum atomic E-state index is 13.0. The van der Waals surface area contributed by atoms with Crippen LogP contribution < -0.4 is 14.4 Å². The number of halogens is 2. The number of fused-ring (bicyclic) bond motifs is 1. The van der Waals surface area contributed by atoms with Gasteiger partial charge in [-0.15, -0.1) is 8.78 Å². The van der Waals surface area contributed by atoms with E-state index < -0.39 is 12.4 Å². The number of benzene rings is 1. The third kappa shape index (κ3) is 1.67. The van der Waals surface area contributed by atoms with Crippen molar-refractivity contribution in [2.45, 2.75) is 18.8 Å². The van der Waals surface area contributed by atoms with Crippen molar-refractivity contribution in [3.63, 3.8) is 0 Å². The highest BCUT2D eigenvalue weighted by Gasteiger charge is 2.46. The molecule has 1 aromatic carbocycles. The van der Waals surface area contributed by atoms with Crippen LogP contribution in [0.4, 0.5) is 14.5 Å². The second-order valence-electron chi connectivity index (χ2n) is 4.13. The van der Waals surface area contributed by atoms with E-state index in [1.807, 2.05) is 0 Å². The SMILES string of the molecule is O=C1CC(O)CN1c1cccc2c1OC(F)(F)O2. The predicted octanol–water partition coefficient (Wildman–Crippen LogP) is 1.11. The van der Waals surface area contributed by atoms with E-state index in [1.165, 1.54) is 23.1 Å². The summed E-state index contributed by atoms with van der Waals surface area (Å²) in [6, 6.07) is 4.28. The molecule has 5 nitrogen and oxygen atoms in total. The van der Waals surface area contributed by atoms with Crippen LogP contribution in [-0.2, 0) is 4.79 Å². The van der Waals surface area contributed by atoms with Crippen LogP contribution in [0, 0.1) is 0 Å². The Hall–Kier alpha value is -1.89. The molecule has 1 aromatic rings. The van der Waals surface area contributed by atoms with Gasteiger partial charge in [0.15, 0.2) is 11.5 Å². The molecule has 18 heavy (non-hydrogen) atoms. The lowest BCUT2D eigenvalue weighted by molar-refractivity contribution is -0.286. The molecular weight excluding hydrogens is 248 g/mol. The maximum Gasteiger partial charge on any atom is 0.586 e. The quantitative estimate of drug-likeness (QED) is 0.818. The normalized spacial score (nSPS) is 24.7. The first-order valence-electron chi connectivity index (χ1n) is 5.33. The fourth-order valence-corrected chi connectivity index (χ4v) is 2.09. The number of alkyl halides is 2. The number of rotatable bonds is 1. The summed E-state index contributed by atoms with van der Waals surface area (Å²) in [5.74, 6) is -0.633. The summed E-state index contributed by atoms with van der Waals surface area (Å²) in [5.41, 5.74) is 0.186. The van der Waals surface area contributed by atoms with Gasteiger partial charge in [-0.25, -0.2) is 0 Å². The molecule has 1 N–H and O–H groups in total. The predicted molar refractivity (Wildman–Crippen MR) is 55.6 cm³/mol. The lowest BCUT2D eigenvalue weighted by Crippen LogP contribution is -2.28. The van der Waals surface area contributed by atoms with Crippen LogP contribution in [0.3, 0.4) is 0 Å². The van der Waals surface area contributed by atoms with Crippen molar-refractivity contribution in [2.24, 2.45) is 0 Å². The Bertz CT molecular complexity index is 520. The van der Waals surface area contributed by atoms with Crippen molar-refractivity contribution in [3.8, 4) is 11.5 Å². The van der Waals surface area contributed by atoms with Crippen LogP contribution in [0.5, 0.6) is 11.5 Å². The fourth-order valence-electron chi connectivity index (χ4n) is 2.09.